The molecule has 0 spiro atoms. The van der Waals surface area contributed by atoms with Crippen molar-refractivity contribution < 1.29 is 4.42 Å². The average Bonchev–Trinajstić information content (AvgIpc) is 3.77. The van der Waals surface area contributed by atoms with Gasteiger partial charge in [-0.05, 0) is 145 Å². The van der Waals surface area contributed by atoms with Crippen molar-refractivity contribution in [2.24, 2.45) is 10.8 Å². The number of allylic oxidation sites excluding steroid dienone is 11. The zero-order valence-electron chi connectivity index (χ0n) is 37.7. The van der Waals surface area contributed by atoms with E-state index in [1.807, 2.05) is 6.08 Å². The molecule has 2 heterocycles. The fourth-order valence-corrected chi connectivity index (χ4v) is 10.5. The standard InChI is InChI=1S/C54H67BN2OS/c1-14-21-38(17-4)55(50-33-37-32-43-44(34-47(37)58-50)54(12,13)30-29-53(43,10)11)45(36-56-31-26-42-41(18-5)51(6,7)27-28-52(42,8)9)46(22-15-2)57-35-40-39-24-19-20-25-49(39)59-48(40)23-16-3/h14-26,31-35,56-57H,3,5,27-30,36H2,1-2,4,6-13H3/b21-14-,22-15-,31-26+,38-17+,40-35+,46-45-,48-23+. The summed E-state index contributed by atoms with van der Waals surface area (Å²) in [6.07, 6.45) is 28.2. The quantitative estimate of drug-likeness (QED) is 0.104. The van der Waals surface area contributed by atoms with Gasteiger partial charge in [0.2, 0.25) is 0 Å². The number of furan rings is 1. The van der Waals surface area contributed by atoms with Crippen LogP contribution < -0.4 is 26.0 Å². The smallest absolute Gasteiger partial charge is 0.287 e. The minimum atomic E-state index is -0.180. The zero-order chi connectivity index (χ0) is 42.8. The Morgan fingerprint density at radius 1 is 0.814 bits per heavy atom. The van der Waals surface area contributed by atoms with Gasteiger partial charge in [0, 0.05) is 43.7 Å². The summed E-state index contributed by atoms with van der Waals surface area (Å²) in [4.78, 5) is 0. The second-order valence-corrected chi connectivity index (χ2v) is 20.2. The van der Waals surface area contributed by atoms with Gasteiger partial charge in [-0.2, -0.15) is 0 Å². The van der Waals surface area contributed by atoms with E-state index in [9.17, 15) is 0 Å². The first-order valence-corrected chi connectivity index (χ1v) is 22.4. The van der Waals surface area contributed by atoms with E-state index in [0.29, 0.717) is 6.54 Å². The maximum atomic E-state index is 7.09. The lowest BCUT2D eigenvalue weighted by molar-refractivity contribution is 0.273. The Labute approximate surface area is 359 Å². The van der Waals surface area contributed by atoms with Crippen LogP contribution in [0.3, 0.4) is 0 Å². The first-order valence-electron chi connectivity index (χ1n) is 21.6. The fourth-order valence-electron chi connectivity index (χ4n) is 9.37. The lowest BCUT2D eigenvalue weighted by Gasteiger charge is -2.42. The predicted octanol–water partition coefficient (Wildman–Crippen LogP) is 12.6. The van der Waals surface area contributed by atoms with Gasteiger partial charge in [-0.3, -0.25) is 0 Å². The van der Waals surface area contributed by atoms with E-state index < -0.39 is 0 Å². The molecule has 4 aromatic rings. The lowest BCUT2D eigenvalue weighted by Crippen LogP contribution is -2.39. The summed E-state index contributed by atoms with van der Waals surface area (Å²) in [7, 11) is 0. The molecular formula is C54H67BN2OS. The molecule has 0 saturated carbocycles. The zero-order valence-corrected chi connectivity index (χ0v) is 38.6. The van der Waals surface area contributed by atoms with Crippen molar-refractivity contribution in [1.29, 1.82) is 0 Å². The van der Waals surface area contributed by atoms with Crippen LogP contribution in [-0.2, 0) is 10.8 Å². The number of hydrogen-bond donors (Lipinski definition) is 2. The van der Waals surface area contributed by atoms with Gasteiger partial charge in [0.25, 0.3) is 6.71 Å². The van der Waals surface area contributed by atoms with E-state index in [2.05, 4.69) is 203 Å². The van der Waals surface area contributed by atoms with Crippen molar-refractivity contribution in [3.63, 3.8) is 0 Å². The SMILES string of the molecule is C=C/C=c1/sc2ccccc2/c1=C\NC(/C=C\C)=C(/CN/C=C/C1=C(C=C)C(C)(C)CCC1(C)C)B(C(/C=C\C)=C/C)c1cc2cc3c(cc2o1)C(C)(C)CCC3(C)C. The summed E-state index contributed by atoms with van der Waals surface area (Å²) < 4.78 is 9.51. The molecule has 2 N–H and O–H groups in total. The highest BCUT2D eigenvalue weighted by Gasteiger charge is 2.39. The van der Waals surface area contributed by atoms with Crippen LogP contribution in [0.1, 0.15) is 113 Å². The Kier molecular flexibility index (Phi) is 13.0. The molecule has 0 radical (unpaired) electrons. The molecule has 2 aliphatic rings. The summed E-state index contributed by atoms with van der Waals surface area (Å²) in [6, 6.07) is 15.7. The number of nitrogens with one attached hydrogen (secondary N) is 2. The lowest BCUT2D eigenvalue weighted by atomic mass is 9.37. The van der Waals surface area contributed by atoms with Crippen LogP contribution in [0.25, 0.3) is 33.3 Å². The van der Waals surface area contributed by atoms with Crippen LogP contribution >= 0.6 is 11.3 Å². The molecule has 308 valence electrons. The first kappa shape index (κ1) is 43.8. The van der Waals surface area contributed by atoms with Gasteiger partial charge in [0.1, 0.15) is 5.58 Å². The average molecular weight is 803 g/mol. The molecule has 0 atom stereocenters. The van der Waals surface area contributed by atoms with Crippen LogP contribution in [0.15, 0.2) is 143 Å². The molecule has 0 unspecified atom stereocenters. The molecule has 5 heteroatoms. The van der Waals surface area contributed by atoms with E-state index in [1.54, 1.807) is 11.3 Å². The van der Waals surface area contributed by atoms with E-state index in [0.717, 1.165) is 46.8 Å². The van der Waals surface area contributed by atoms with Gasteiger partial charge >= 0.3 is 0 Å². The van der Waals surface area contributed by atoms with Crippen LogP contribution in [0.2, 0.25) is 0 Å². The van der Waals surface area contributed by atoms with E-state index in [-0.39, 0.29) is 28.4 Å². The van der Waals surface area contributed by atoms with E-state index in [1.165, 1.54) is 54.3 Å². The molecule has 2 aliphatic carbocycles. The number of rotatable bonds is 13. The number of hydrogen-bond acceptors (Lipinski definition) is 4. The summed E-state index contributed by atoms with van der Waals surface area (Å²) >= 11 is 1.79. The van der Waals surface area contributed by atoms with Gasteiger partial charge in [0.15, 0.2) is 0 Å². The summed E-state index contributed by atoms with van der Waals surface area (Å²) in [6.45, 7) is 34.0. The van der Waals surface area contributed by atoms with Gasteiger partial charge < -0.3 is 15.1 Å². The summed E-state index contributed by atoms with van der Waals surface area (Å²) in [5.41, 5.74) is 11.1. The molecule has 59 heavy (non-hydrogen) atoms. The number of benzene rings is 2. The van der Waals surface area contributed by atoms with Gasteiger partial charge in [-0.15, -0.1) is 11.3 Å². The highest BCUT2D eigenvalue weighted by molar-refractivity contribution is 7.17. The molecule has 0 amide bonds. The van der Waals surface area contributed by atoms with Crippen LogP contribution in [0.5, 0.6) is 0 Å². The van der Waals surface area contributed by atoms with E-state index in [4.69, 9.17) is 4.42 Å². The fraction of sp³-hybridized carbons (Fsp3) is 0.370. The van der Waals surface area contributed by atoms with Crippen molar-refractivity contribution in [2.75, 3.05) is 6.54 Å². The van der Waals surface area contributed by atoms with Crippen LogP contribution in [0.4, 0.5) is 0 Å². The van der Waals surface area contributed by atoms with Gasteiger partial charge in [0.05, 0.1) is 5.66 Å². The van der Waals surface area contributed by atoms with Gasteiger partial charge in [-0.25, -0.2) is 0 Å². The minimum Gasteiger partial charge on any atom is -0.470 e. The Hall–Kier alpha value is -4.74. The van der Waals surface area contributed by atoms with Crippen LogP contribution in [0, 0.1) is 10.8 Å². The molecule has 2 aromatic carbocycles. The van der Waals surface area contributed by atoms with Crippen molar-refractivity contribution in [3.05, 3.63) is 159 Å². The Bertz CT molecular complexity index is 2500. The van der Waals surface area contributed by atoms with E-state index >= 15 is 0 Å². The monoisotopic (exact) mass is 803 g/mol. The van der Waals surface area contributed by atoms with Crippen LogP contribution in [-0.4, -0.2) is 13.3 Å². The van der Waals surface area contributed by atoms with Crippen molar-refractivity contribution in [2.45, 2.75) is 113 Å². The molecular weight excluding hydrogens is 735 g/mol. The molecule has 0 aliphatic heterocycles. The third-order valence-electron chi connectivity index (χ3n) is 13.1. The number of thiophene rings is 1. The maximum absolute atomic E-state index is 7.09. The molecule has 3 nitrogen and oxygen atoms in total. The Balaban J connectivity index is 1.57. The Morgan fingerprint density at radius 3 is 2.10 bits per heavy atom. The summed E-state index contributed by atoms with van der Waals surface area (Å²) in [5.74, 6) is 0. The molecule has 2 aromatic heterocycles. The first-order chi connectivity index (χ1) is 28.0. The maximum Gasteiger partial charge on any atom is 0.287 e. The van der Waals surface area contributed by atoms with Gasteiger partial charge in [-0.1, -0.05) is 129 Å². The van der Waals surface area contributed by atoms with Crippen molar-refractivity contribution in [1.82, 2.24) is 10.6 Å². The number of fused-ring (bicyclic) bond motifs is 3. The van der Waals surface area contributed by atoms with Crippen molar-refractivity contribution in [3.8, 4) is 0 Å². The Morgan fingerprint density at radius 2 is 1.46 bits per heavy atom. The minimum absolute atomic E-state index is 0.0507. The third-order valence-corrected chi connectivity index (χ3v) is 14.3. The predicted molar refractivity (Wildman–Crippen MR) is 262 cm³/mol. The molecule has 0 fully saturated rings. The molecule has 0 bridgehead atoms. The second kappa shape index (κ2) is 17.5. The second-order valence-electron chi connectivity index (χ2n) is 19.1. The highest BCUT2D eigenvalue weighted by atomic mass is 32.1. The highest BCUT2D eigenvalue weighted by Crippen LogP contribution is 2.50. The van der Waals surface area contributed by atoms with Crippen molar-refractivity contribution >= 4 is 57.0 Å². The largest absolute Gasteiger partial charge is 0.470 e. The topological polar surface area (TPSA) is 37.2 Å². The normalized spacial score (nSPS) is 19.9. The molecule has 0 saturated heterocycles. The summed E-state index contributed by atoms with van der Waals surface area (Å²) in [5, 5.41) is 11.2. The third kappa shape index (κ3) is 8.92. The molecule has 6 rings (SSSR count).